The van der Waals surface area contributed by atoms with Crippen LogP contribution >= 0.6 is 48.0 Å². The molecule has 0 spiro atoms. The predicted molar refractivity (Wildman–Crippen MR) is 142 cm³/mol. The van der Waals surface area contributed by atoms with E-state index in [0.29, 0.717) is 16.3 Å². The van der Waals surface area contributed by atoms with Crippen molar-refractivity contribution in [2.75, 3.05) is 33.3 Å². The molecule has 1 aliphatic rings. The monoisotopic (exact) mass is 528 g/mol. The zero-order chi connectivity index (χ0) is 22.0. The molecule has 3 aromatic carbocycles. The summed E-state index contributed by atoms with van der Waals surface area (Å²) >= 11 is 12.5. The van der Waals surface area contributed by atoms with E-state index in [0.717, 1.165) is 48.5 Å². The van der Waals surface area contributed by atoms with E-state index in [2.05, 4.69) is 15.9 Å². The quantitative estimate of drug-likeness (QED) is 0.346. The van der Waals surface area contributed by atoms with Gasteiger partial charge in [0, 0.05) is 48.7 Å². The van der Waals surface area contributed by atoms with E-state index in [4.69, 9.17) is 27.9 Å². The third-order valence-corrected chi connectivity index (χ3v) is 6.68. The lowest BCUT2D eigenvalue weighted by atomic mass is 9.99. The Morgan fingerprint density at radius 3 is 2.39 bits per heavy atom. The zero-order valence-electron chi connectivity index (χ0n) is 18.6. The number of ketones is 1. The number of piperazine rings is 1. The van der Waals surface area contributed by atoms with Gasteiger partial charge in [0.15, 0.2) is 5.78 Å². The van der Waals surface area contributed by atoms with E-state index in [-0.39, 0.29) is 36.6 Å². The molecule has 0 radical (unpaired) electrons. The van der Waals surface area contributed by atoms with Crippen LogP contribution < -0.4 is 4.74 Å². The van der Waals surface area contributed by atoms with Gasteiger partial charge in [-0.2, -0.15) is 0 Å². The number of fused-ring (bicyclic) bond motifs is 1. The second-order valence-electron chi connectivity index (χ2n) is 8.00. The van der Waals surface area contributed by atoms with Crippen LogP contribution in [0.25, 0.3) is 10.8 Å². The number of halogens is 4. The van der Waals surface area contributed by atoms with E-state index in [1.165, 1.54) is 5.56 Å². The van der Waals surface area contributed by atoms with Crippen LogP contribution in [-0.2, 0) is 6.54 Å². The van der Waals surface area contributed by atoms with Crippen LogP contribution in [0.15, 0.2) is 54.6 Å². The van der Waals surface area contributed by atoms with Gasteiger partial charge in [-0.05, 0) is 42.1 Å². The maximum Gasteiger partial charge on any atom is 0.179 e. The lowest BCUT2D eigenvalue weighted by molar-refractivity contribution is 0.0687. The minimum absolute atomic E-state index is 0. The fourth-order valence-corrected chi connectivity index (χ4v) is 4.72. The van der Waals surface area contributed by atoms with Crippen molar-refractivity contribution in [3.8, 4) is 5.75 Å². The molecule has 1 heterocycles. The predicted octanol–water partition coefficient (Wildman–Crippen LogP) is 6.39. The van der Waals surface area contributed by atoms with Gasteiger partial charge in [-0.1, -0.05) is 53.5 Å². The number of Topliss-reactive ketones (excluding diaryl/α,β-unsaturated/α-hetero) is 1. The molecule has 33 heavy (non-hydrogen) atoms. The molecule has 1 fully saturated rings. The summed E-state index contributed by atoms with van der Waals surface area (Å²) < 4.78 is 5.28. The molecule has 1 atom stereocenters. The Balaban J connectivity index is 0.00000193. The fraction of sp³-hybridized carbons (Fsp3) is 0.320. The Labute approximate surface area is 217 Å². The van der Waals surface area contributed by atoms with Crippen LogP contribution in [0.1, 0.15) is 22.8 Å². The zero-order valence-corrected chi connectivity index (χ0v) is 21.7. The molecule has 0 saturated carbocycles. The summed E-state index contributed by atoms with van der Waals surface area (Å²) in [6.07, 6.45) is 0. The van der Waals surface area contributed by atoms with Gasteiger partial charge in [0.1, 0.15) is 5.75 Å². The van der Waals surface area contributed by atoms with Crippen LogP contribution in [0.3, 0.4) is 0 Å². The van der Waals surface area contributed by atoms with E-state index in [1.807, 2.05) is 55.5 Å². The van der Waals surface area contributed by atoms with Crippen LogP contribution in [0.4, 0.5) is 0 Å². The van der Waals surface area contributed by atoms with Gasteiger partial charge in [-0.15, -0.1) is 24.8 Å². The topological polar surface area (TPSA) is 32.8 Å². The maximum absolute atomic E-state index is 13.2. The number of ether oxygens (including phenoxy) is 1. The molecule has 4 nitrogen and oxygen atoms in total. The average molecular weight is 530 g/mol. The molecule has 0 amide bonds. The normalized spacial score (nSPS) is 15.4. The first-order valence-corrected chi connectivity index (χ1v) is 11.2. The number of hydrogen-bond donors (Lipinski definition) is 0. The maximum atomic E-state index is 13.2. The molecule has 1 saturated heterocycles. The molecule has 3 aromatic rings. The Hall–Kier alpha value is -1.53. The van der Waals surface area contributed by atoms with Crippen molar-refractivity contribution in [1.82, 2.24) is 9.80 Å². The van der Waals surface area contributed by atoms with Gasteiger partial charge >= 0.3 is 0 Å². The molecule has 4 rings (SSSR count). The van der Waals surface area contributed by atoms with Crippen molar-refractivity contribution < 1.29 is 9.53 Å². The van der Waals surface area contributed by atoms with Gasteiger partial charge in [0.25, 0.3) is 0 Å². The van der Waals surface area contributed by atoms with Crippen molar-refractivity contribution >= 4 is 64.6 Å². The Kier molecular flexibility index (Phi) is 10.3. The highest BCUT2D eigenvalue weighted by Gasteiger charge is 2.26. The molecule has 0 aliphatic carbocycles. The van der Waals surface area contributed by atoms with Crippen molar-refractivity contribution in [1.29, 1.82) is 0 Å². The molecule has 178 valence electrons. The first kappa shape index (κ1) is 27.7. The van der Waals surface area contributed by atoms with Crippen LogP contribution in [0.2, 0.25) is 10.0 Å². The number of carbonyl (C=O) groups is 1. The van der Waals surface area contributed by atoms with Gasteiger partial charge in [0.05, 0.1) is 18.2 Å². The highest BCUT2D eigenvalue weighted by atomic mass is 35.5. The summed E-state index contributed by atoms with van der Waals surface area (Å²) in [6.45, 7) is 6.47. The SMILES string of the molecule is COc1ccc2cc(C(=O)C(C)N3CCN(Cc4cccc(Cl)c4)CC3)ccc2c1Cl.Cl.Cl. The highest BCUT2D eigenvalue weighted by Crippen LogP contribution is 2.33. The molecular formula is C25H28Cl4N2O2. The second-order valence-corrected chi connectivity index (χ2v) is 8.81. The Morgan fingerprint density at radius 1 is 1.00 bits per heavy atom. The Bertz CT molecular complexity index is 1100. The third kappa shape index (κ3) is 6.33. The highest BCUT2D eigenvalue weighted by molar-refractivity contribution is 6.37. The average Bonchev–Trinajstić information content (AvgIpc) is 2.79. The fourth-order valence-electron chi connectivity index (χ4n) is 4.19. The number of hydrogen-bond acceptors (Lipinski definition) is 4. The first-order valence-electron chi connectivity index (χ1n) is 10.5. The first-order chi connectivity index (χ1) is 15.0. The van der Waals surface area contributed by atoms with Gasteiger partial charge in [-0.3, -0.25) is 14.6 Å². The number of rotatable bonds is 6. The molecule has 0 bridgehead atoms. The van der Waals surface area contributed by atoms with Crippen molar-refractivity contribution in [2.45, 2.75) is 19.5 Å². The molecular weight excluding hydrogens is 502 g/mol. The summed E-state index contributed by atoms with van der Waals surface area (Å²) in [4.78, 5) is 17.9. The lowest BCUT2D eigenvalue weighted by Gasteiger charge is -2.37. The van der Waals surface area contributed by atoms with Crippen molar-refractivity contribution in [3.05, 3.63) is 75.8 Å². The smallest absolute Gasteiger partial charge is 0.179 e. The van der Waals surface area contributed by atoms with Crippen LogP contribution in [0, 0.1) is 0 Å². The van der Waals surface area contributed by atoms with Gasteiger partial charge < -0.3 is 4.74 Å². The van der Waals surface area contributed by atoms with Crippen molar-refractivity contribution in [3.63, 3.8) is 0 Å². The van der Waals surface area contributed by atoms with E-state index >= 15 is 0 Å². The van der Waals surface area contributed by atoms with Crippen molar-refractivity contribution in [2.24, 2.45) is 0 Å². The minimum atomic E-state index is -0.167. The van der Waals surface area contributed by atoms with E-state index in [9.17, 15) is 4.79 Å². The Morgan fingerprint density at radius 2 is 1.73 bits per heavy atom. The summed E-state index contributed by atoms with van der Waals surface area (Å²) in [5.41, 5.74) is 1.93. The number of carbonyl (C=O) groups excluding carboxylic acids is 1. The summed E-state index contributed by atoms with van der Waals surface area (Å²) in [5.74, 6) is 0.773. The van der Waals surface area contributed by atoms with E-state index < -0.39 is 0 Å². The van der Waals surface area contributed by atoms with E-state index in [1.54, 1.807) is 7.11 Å². The molecule has 0 N–H and O–H groups in total. The molecule has 1 aliphatic heterocycles. The van der Waals surface area contributed by atoms with Crippen LogP contribution in [-0.4, -0.2) is 54.9 Å². The minimum Gasteiger partial charge on any atom is -0.495 e. The standard InChI is InChI=1S/C25H26Cl2N2O2.2ClH/c1-17(29-12-10-28(11-13-29)16-18-4-3-5-21(26)14-18)25(30)20-6-8-22-19(15-20)7-9-23(31-2)24(22)27;;/h3-9,14-15,17H,10-13,16H2,1-2H3;2*1H. The van der Waals surface area contributed by atoms with Crippen LogP contribution in [0.5, 0.6) is 5.75 Å². The van der Waals surface area contributed by atoms with Gasteiger partial charge in [-0.25, -0.2) is 0 Å². The number of benzene rings is 3. The summed E-state index contributed by atoms with van der Waals surface area (Å²) in [5, 5.41) is 3.17. The largest absolute Gasteiger partial charge is 0.495 e. The number of nitrogens with zero attached hydrogens (tertiary/aromatic N) is 2. The summed E-state index contributed by atoms with van der Waals surface area (Å²) in [7, 11) is 1.60. The molecule has 8 heteroatoms. The summed E-state index contributed by atoms with van der Waals surface area (Å²) in [6, 6.07) is 17.3. The molecule has 0 aromatic heterocycles. The molecule has 1 unspecified atom stereocenters. The lowest BCUT2D eigenvalue weighted by Crippen LogP contribution is -2.51. The van der Waals surface area contributed by atoms with Gasteiger partial charge in [0.2, 0.25) is 0 Å². The number of methoxy groups -OCH3 is 1. The second kappa shape index (κ2) is 12.3. The third-order valence-electron chi connectivity index (χ3n) is 6.05.